The van der Waals surface area contributed by atoms with Crippen molar-refractivity contribution in [1.29, 1.82) is 0 Å². The minimum absolute atomic E-state index is 0.00454. The van der Waals surface area contributed by atoms with Crippen LogP contribution in [-0.4, -0.2) is 33.5 Å². The number of carbonyl (C=O) groups excluding carboxylic acids is 1. The first-order valence-electron chi connectivity index (χ1n) is 5.04. The van der Waals surface area contributed by atoms with Crippen molar-refractivity contribution >= 4 is 11.9 Å². The number of carboxylic acids is 1. The van der Waals surface area contributed by atoms with E-state index in [1.54, 1.807) is 4.90 Å². The molecule has 0 radical (unpaired) electrons. The van der Waals surface area contributed by atoms with E-state index in [0.29, 0.717) is 0 Å². The van der Waals surface area contributed by atoms with Gasteiger partial charge in [0.05, 0.1) is 11.5 Å². The smallest absolute Gasteiger partial charge is 0.309 e. The molecular formula is C10H15NO3. The Bertz CT molecular complexity index is 294. The zero-order valence-electron chi connectivity index (χ0n) is 8.49. The fourth-order valence-electron chi connectivity index (χ4n) is 2.72. The first kappa shape index (κ1) is 9.49. The fourth-order valence-corrected chi connectivity index (χ4v) is 2.72. The van der Waals surface area contributed by atoms with E-state index in [-0.39, 0.29) is 23.9 Å². The molecule has 1 amide bonds. The molecule has 1 unspecified atom stereocenters. The van der Waals surface area contributed by atoms with Crippen LogP contribution >= 0.6 is 0 Å². The third kappa shape index (κ3) is 1.06. The van der Waals surface area contributed by atoms with Crippen LogP contribution in [0.2, 0.25) is 0 Å². The van der Waals surface area contributed by atoms with Gasteiger partial charge >= 0.3 is 5.97 Å². The third-order valence-corrected chi connectivity index (χ3v) is 3.35. The van der Waals surface area contributed by atoms with Gasteiger partial charge in [0.25, 0.3) is 0 Å². The van der Waals surface area contributed by atoms with Crippen molar-refractivity contribution < 1.29 is 14.7 Å². The van der Waals surface area contributed by atoms with E-state index in [4.69, 9.17) is 5.11 Å². The Morgan fingerprint density at radius 2 is 2.14 bits per heavy atom. The second-order valence-electron chi connectivity index (χ2n) is 4.56. The zero-order chi connectivity index (χ0) is 10.5. The molecule has 14 heavy (non-hydrogen) atoms. The number of rotatable bonds is 2. The molecule has 2 rings (SSSR count). The quantitative estimate of drug-likeness (QED) is 0.714. The molecule has 0 bridgehead atoms. The maximum atomic E-state index is 11.6. The van der Waals surface area contributed by atoms with Gasteiger partial charge in [0.2, 0.25) is 5.91 Å². The Hall–Kier alpha value is -1.06. The van der Waals surface area contributed by atoms with E-state index in [1.807, 2.05) is 13.8 Å². The van der Waals surface area contributed by atoms with Crippen LogP contribution in [0.25, 0.3) is 0 Å². The van der Waals surface area contributed by atoms with Gasteiger partial charge in [0, 0.05) is 12.5 Å². The van der Waals surface area contributed by atoms with Crippen molar-refractivity contribution in [3.05, 3.63) is 0 Å². The topological polar surface area (TPSA) is 57.6 Å². The summed E-state index contributed by atoms with van der Waals surface area (Å²) < 4.78 is 0. The highest BCUT2D eigenvalue weighted by Gasteiger charge is 2.63. The molecule has 4 heteroatoms. The molecule has 1 heterocycles. The van der Waals surface area contributed by atoms with Crippen LogP contribution in [0.3, 0.4) is 0 Å². The lowest BCUT2D eigenvalue weighted by molar-refractivity contribution is -0.143. The van der Waals surface area contributed by atoms with Crippen molar-refractivity contribution in [2.45, 2.75) is 44.7 Å². The second kappa shape index (κ2) is 2.72. The second-order valence-corrected chi connectivity index (χ2v) is 4.56. The molecule has 0 aromatic heterocycles. The van der Waals surface area contributed by atoms with Crippen molar-refractivity contribution in [2.75, 3.05) is 0 Å². The minimum Gasteiger partial charge on any atom is -0.481 e. The number of hydrogen-bond acceptors (Lipinski definition) is 2. The third-order valence-electron chi connectivity index (χ3n) is 3.35. The Balaban J connectivity index is 2.29. The van der Waals surface area contributed by atoms with Crippen molar-refractivity contribution in [3.8, 4) is 0 Å². The molecule has 1 saturated carbocycles. The average molecular weight is 197 g/mol. The minimum atomic E-state index is -0.820. The largest absolute Gasteiger partial charge is 0.481 e. The van der Waals surface area contributed by atoms with Gasteiger partial charge in [0.15, 0.2) is 0 Å². The van der Waals surface area contributed by atoms with E-state index in [0.717, 1.165) is 12.8 Å². The lowest BCUT2D eigenvalue weighted by Gasteiger charge is -2.30. The first-order valence-corrected chi connectivity index (χ1v) is 5.04. The number of likely N-dealkylation sites (tertiary alicyclic amines) is 1. The summed E-state index contributed by atoms with van der Waals surface area (Å²) in [6, 6.07) is 0.120. The molecule has 0 aromatic rings. The van der Waals surface area contributed by atoms with Crippen molar-refractivity contribution in [2.24, 2.45) is 5.92 Å². The molecule has 0 aromatic carbocycles. The summed E-state index contributed by atoms with van der Waals surface area (Å²) in [5.74, 6) is -1.29. The van der Waals surface area contributed by atoms with Crippen LogP contribution in [0.4, 0.5) is 0 Å². The molecule has 2 aliphatic rings. The Morgan fingerprint density at radius 1 is 1.57 bits per heavy atom. The standard InChI is InChI=1S/C10H15NO3/c1-6(2)11-8(12)5-7(9(13)14)10(11)3-4-10/h6-7H,3-5H2,1-2H3,(H,13,14). The lowest BCUT2D eigenvalue weighted by atomic mass is 9.98. The molecule has 2 fully saturated rings. The van der Waals surface area contributed by atoms with Gasteiger partial charge in [-0.3, -0.25) is 9.59 Å². The van der Waals surface area contributed by atoms with Gasteiger partial charge in [0.1, 0.15) is 0 Å². The molecule has 1 spiro atoms. The SMILES string of the molecule is CC(C)N1C(=O)CC(C(=O)O)C12CC2. The van der Waals surface area contributed by atoms with Gasteiger partial charge in [-0.1, -0.05) is 0 Å². The molecule has 1 saturated heterocycles. The summed E-state index contributed by atoms with van der Waals surface area (Å²) in [7, 11) is 0. The van der Waals surface area contributed by atoms with E-state index >= 15 is 0 Å². The number of amides is 1. The fraction of sp³-hybridized carbons (Fsp3) is 0.800. The predicted octanol–water partition coefficient (Wildman–Crippen LogP) is 0.861. The van der Waals surface area contributed by atoms with E-state index in [9.17, 15) is 9.59 Å². The van der Waals surface area contributed by atoms with Crippen LogP contribution in [0, 0.1) is 5.92 Å². The van der Waals surface area contributed by atoms with Crippen LogP contribution < -0.4 is 0 Å². The number of carboxylic acid groups (broad SMARTS) is 1. The van der Waals surface area contributed by atoms with Gasteiger partial charge < -0.3 is 10.0 Å². The van der Waals surface area contributed by atoms with E-state index < -0.39 is 11.9 Å². The maximum absolute atomic E-state index is 11.6. The Morgan fingerprint density at radius 3 is 2.50 bits per heavy atom. The first-order chi connectivity index (χ1) is 6.49. The van der Waals surface area contributed by atoms with Gasteiger partial charge in [-0.15, -0.1) is 0 Å². The number of carbonyl (C=O) groups is 2. The highest BCUT2D eigenvalue weighted by molar-refractivity contribution is 5.89. The van der Waals surface area contributed by atoms with E-state index in [1.165, 1.54) is 0 Å². The van der Waals surface area contributed by atoms with Crippen LogP contribution in [-0.2, 0) is 9.59 Å². The van der Waals surface area contributed by atoms with Gasteiger partial charge in [-0.05, 0) is 26.7 Å². The monoisotopic (exact) mass is 197 g/mol. The van der Waals surface area contributed by atoms with Gasteiger partial charge in [-0.2, -0.15) is 0 Å². The van der Waals surface area contributed by atoms with Crippen LogP contribution in [0.5, 0.6) is 0 Å². The van der Waals surface area contributed by atoms with Crippen molar-refractivity contribution in [1.82, 2.24) is 4.90 Å². The van der Waals surface area contributed by atoms with Gasteiger partial charge in [-0.25, -0.2) is 0 Å². The summed E-state index contributed by atoms with van der Waals surface area (Å²) in [4.78, 5) is 24.4. The Kier molecular flexibility index (Phi) is 1.84. The predicted molar refractivity (Wildman–Crippen MR) is 49.7 cm³/mol. The summed E-state index contributed by atoms with van der Waals surface area (Å²) in [5, 5.41) is 9.03. The molecule has 4 nitrogen and oxygen atoms in total. The highest BCUT2D eigenvalue weighted by Crippen LogP contribution is 2.54. The molecule has 1 aliphatic heterocycles. The maximum Gasteiger partial charge on any atom is 0.309 e. The molecule has 78 valence electrons. The average Bonchev–Trinajstić information content (AvgIpc) is 2.72. The van der Waals surface area contributed by atoms with E-state index in [2.05, 4.69) is 0 Å². The van der Waals surface area contributed by atoms with Crippen LogP contribution in [0.1, 0.15) is 33.1 Å². The zero-order valence-corrected chi connectivity index (χ0v) is 8.49. The number of nitrogens with zero attached hydrogens (tertiary/aromatic N) is 1. The molecule has 1 N–H and O–H groups in total. The summed E-state index contributed by atoms with van der Waals surface area (Å²) >= 11 is 0. The summed E-state index contributed by atoms with van der Waals surface area (Å²) in [5.41, 5.74) is -0.322. The molecular weight excluding hydrogens is 182 g/mol. The number of aliphatic carboxylic acids is 1. The molecule has 1 atom stereocenters. The van der Waals surface area contributed by atoms with Crippen molar-refractivity contribution in [3.63, 3.8) is 0 Å². The normalized spacial score (nSPS) is 28.9. The highest BCUT2D eigenvalue weighted by atomic mass is 16.4. The van der Waals surface area contributed by atoms with Crippen LogP contribution in [0.15, 0.2) is 0 Å². The molecule has 1 aliphatic carbocycles. The lowest BCUT2D eigenvalue weighted by Crippen LogP contribution is -2.43. The summed E-state index contributed by atoms with van der Waals surface area (Å²) in [6.45, 7) is 3.89. The number of hydrogen-bond donors (Lipinski definition) is 1. The summed E-state index contributed by atoms with van der Waals surface area (Å²) in [6.07, 6.45) is 1.90. The Labute approximate surface area is 82.9 Å².